The average Bonchev–Trinajstić information content (AvgIpc) is 3.43. The van der Waals surface area contributed by atoms with E-state index in [1.807, 2.05) is 42.5 Å². The van der Waals surface area contributed by atoms with Crippen LogP contribution in [0.25, 0.3) is 33.7 Å². The fourth-order valence-corrected chi connectivity index (χ4v) is 7.16. The molecule has 0 atom stereocenters. The SMILES string of the molecule is Cc1cc(C)cc(-n2[c-][n+]3c4c(cccc42)N(C)c2c-3[c-]cc3c2C(C)(C)CCC3(C)C)c1.[Ir+3].[c-]1ccccc1-c1ccccn1. The number of benzene rings is 4. The predicted octanol–water partition coefficient (Wildman–Crippen LogP) is 9.10. The molecule has 0 fully saturated rings. The maximum atomic E-state index is 4.22. The van der Waals surface area contributed by atoms with Crippen LogP contribution in [-0.4, -0.2) is 16.6 Å². The molecular weight excluding hydrogens is 741 g/mol. The maximum Gasteiger partial charge on any atom is 3.00 e. The number of fused-ring (bicyclic) bond motifs is 4. The molecule has 4 aromatic carbocycles. The Balaban J connectivity index is 0.000000241. The molecule has 4 nitrogen and oxygen atoms in total. The van der Waals surface area contributed by atoms with Crippen molar-refractivity contribution < 1.29 is 24.7 Å². The fraction of sp³-hybridized carbons (Fsp3) is 0.268. The van der Waals surface area contributed by atoms with Crippen LogP contribution in [0.5, 0.6) is 0 Å². The van der Waals surface area contributed by atoms with Gasteiger partial charge in [-0.1, -0.05) is 86.7 Å². The zero-order valence-electron chi connectivity index (χ0n) is 27.7. The van der Waals surface area contributed by atoms with Gasteiger partial charge in [0, 0.05) is 11.9 Å². The first-order valence-corrected chi connectivity index (χ1v) is 15.8. The molecule has 232 valence electrons. The Hall–Kier alpha value is -4.05. The molecule has 0 bridgehead atoms. The van der Waals surface area contributed by atoms with Gasteiger partial charge in [0.25, 0.3) is 6.33 Å². The van der Waals surface area contributed by atoms with Crippen molar-refractivity contribution in [3.05, 3.63) is 132 Å². The summed E-state index contributed by atoms with van der Waals surface area (Å²) in [5, 5.41) is 0. The minimum Gasteiger partial charge on any atom is -0.404 e. The van der Waals surface area contributed by atoms with Crippen LogP contribution in [0.4, 0.5) is 11.4 Å². The number of para-hydroxylation sites is 1. The van der Waals surface area contributed by atoms with Crippen molar-refractivity contribution in [3.63, 3.8) is 0 Å². The topological polar surface area (TPSA) is 24.9 Å². The first kappa shape index (κ1) is 31.9. The molecule has 8 rings (SSSR count). The summed E-state index contributed by atoms with van der Waals surface area (Å²) in [6, 6.07) is 36.1. The van der Waals surface area contributed by atoms with E-state index in [4.69, 9.17) is 0 Å². The Morgan fingerprint density at radius 2 is 1.57 bits per heavy atom. The van der Waals surface area contributed by atoms with Crippen molar-refractivity contribution >= 4 is 22.4 Å². The maximum absolute atomic E-state index is 4.22. The molecule has 2 aliphatic rings. The van der Waals surface area contributed by atoms with Crippen molar-refractivity contribution in [1.29, 1.82) is 0 Å². The number of imidazole rings is 1. The molecule has 6 aromatic rings. The molecule has 0 saturated carbocycles. The van der Waals surface area contributed by atoms with Crippen LogP contribution in [0, 0.1) is 32.3 Å². The van der Waals surface area contributed by atoms with Crippen LogP contribution in [0.2, 0.25) is 0 Å². The minimum atomic E-state index is 0. The molecule has 5 heteroatoms. The van der Waals surface area contributed by atoms with Gasteiger partial charge in [0.05, 0.1) is 11.2 Å². The van der Waals surface area contributed by atoms with Gasteiger partial charge in [-0.15, -0.1) is 47.0 Å². The molecule has 3 heterocycles. The van der Waals surface area contributed by atoms with Crippen LogP contribution < -0.4 is 9.47 Å². The summed E-state index contributed by atoms with van der Waals surface area (Å²) >= 11 is 0. The van der Waals surface area contributed by atoms with Crippen molar-refractivity contribution in [1.82, 2.24) is 9.55 Å². The van der Waals surface area contributed by atoms with Gasteiger partial charge in [0.15, 0.2) is 0 Å². The van der Waals surface area contributed by atoms with E-state index >= 15 is 0 Å². The standard InChI is InChI=1S/C30H32N3.C11H8N.Ir/c1-19-15-20(2)17-21(16-19)32-18-33-25-12-11-22-26(30(5,6)14-13-29(22,3)4)28(25)31(7)23-9-8-10-24(32)27(23)33;1-2-6-10(7-3-1)11-8-4-5-9-12-11;/h8-11,15-17H,13-14H2,1-7H3;1-6,8-9H;/q2*-1;+3. The van der Waals surface area contributed by atoms with Gasteiger partial charge in [-0.25, -0.2) is 0 Å². The van der Waals surface area contributed by atoms with Crippen LogP contribution >= 0.6 is 0 Å². The van der Waals surface area contributed by atoms with Crippen LogP contribution in [0.3, 0.4) is 0 Å². The summed E-state index contributed by atoms with van der Waals surface area (Å²) in [5.41, 5.74) is 14.8. The second-order valence-electron chi connectivity index (χ2n) is 13.9. The fourth-order valence-electron chi connectivity index (χ4n) is 7.16. The molecule has 46 heavy (non-hydrogen) atoms. The van der Waals surface area contributed by atoms with E-state index in [2.05, 4.69) is 129 Å². The molecule has 0 saturated heterocycles. The molecule has 0 spiro atoms. The molecule has 1 aliphatic heterocycles. The van der Waals surface area contributed by atoms with E-state index in [0.29, 0.717) is 0 Å². The number of aromatic nitrogens is 3. The van der Waals surface area contributed by atoms with Crippen molar-refractivity contribution in [2.75, 3.05) is 11.9 Å². The van der Waals surface area contributed by atoms with Crippen molar-refractivity contribution in [3.8, 4) is 22.6 Å². The smallest absolute Gasteiger partial charge is 0.404 e. The summed E-state index contributed by atoms with van der Waals surface area (Å²) in [6.07, 6.45) is 7.88. The van der Waals surface area contributed by atoms with E-state index in [9.17, 15) is 0 Å². The average molecular weight is 781 g/mol. The summed E-state index contributed by atoms with van der Waals surface area (Å²) < 4.78 is 4.46. The Morgan fingerprint density at radius 1 is 0.826 bits per heavy atom. The number of anilines is 2. The summed E-state index contributed by atoms with van der Waals surface area (Å²) in [6.45, 7) is 13.9. The summed E-state index contributed by atoms with van der Waals surface area (Å²) in [4.78, 5) is 6.62. The number of hydrogen-bond acceptors (Lipinski definition) is 2. The van der Waals surface area contributed by atoms with Gasteiger partial charge in [-0.2, -0.15) is 12.1 Å². The largest absolute Gasteiger partial charge is 3.00 e. The van der Waals surface area contributed by atoms with Gasteiger partial charge >= 0.3 is 20.1 Å². The van der Waals surface area contributed by atoms with E-state index < -0.39 is 0 Å². The van der Waals surface area contributed by atoms with Crippen molar-refractivity contribution in [2.24, 2.45) is 0 Å². The molecule has 2 aromatic heterocycles. The zero-order valence-corrected chi connectivity index (χ0v) is 30.1. The van der Waals surface area contributed by atoms with Gasteiger partial charge < -0.3 is 14.5 Å². The Labute approximate surface area is 287 Å². The van der Waals surface area contributed by atoms with Crippen LogP contribution in [-0.2, 0) is 30.9 Å². The molecule has 0 unspecified atom stereocenters. The Kier molecular flexibility index (Phi) is 8.29. The zero-order chi connectivity index (χ0) is 31.5. The monoisotopic (exact) mass is 781 g/mol. The number of rotatable bonds is 2. The predicted molar refractivity (Wildman–Crippen MR) is 184 cm³/mol. The number of pyridine rings is 1. The summed E-state index contributed by atoms with van der Waals surface area (Å²) in [5.74, 6) is 0. The van der Waals surface area contributed by atoms with Gasteiger partial charge in [0.1, 0.15) is 5.52 Å². The second-order valence-corrected chi connectivity index (χ2v) is 13.9. The number of hydrogen-bond donors (Lipinski definition) is 0. The number of aryl methyl sites for hydroxylation is 2. The second kappa shape index (κ2) is 12.0. The molecule has 0 amide bonds. The van der Waals surface area contributed by atoms with E-state index in [1.54, 1.807) is 6.20 Å². The first-order valence-electron chi connectivity index (χ1n) is 15.8. The Morgan fingerprint density at radius 3 is 2.26 bits per heavy atom. The van der Waals surface area contributed by atoms with Crippen molar-refractivity contribution in [2.45, 2.75) is 65.2 Å². The third-order valence-corrected chi connectivity index (χ3v) is 9.56. The van der Waals surface area contributed by atoms with Crippen LogP contribution in [0.15, 0.2) is 91.1 Å². The van der Waals surface area contributed by atoms with E-state index in [1.165, 1.54) is 57.5 Å². The van der Waals surface area contributed by atoms with Crippen LogP contribution in [0.1, 0.15) is 62.8 Å². The van der Waals surface area contributed by atoms with Gasteiger partial charge in [-0.3, -0.25) is 4.57 Å². The van der Waals surface area contributed by atoms with Gasteiger partial charge in [0.2, 0.25) is 0 Å². The molecular formula is C41H40IrN4+. The Bertz CT molecular complexity index is 1980. The molecule has 0 radical (unpaired) electrons. The van der Waals surface area contributed by atoms with E-state index in [-0.39, 0.29) is 30.9 Å². The quantitative estimate of drug-likeness (QED) is 0.130. The third-order valence-electron chi connectivity index (χ3n) is 9.56. The molecule has 1 aliphatic carbocycles. The van der Waals surface area contributed by atoms with Gasteiger partial charge in [-0.05, 0) is 68.4 Å². The third kappa shape index (κ3) is 5.40. The molecule has 0 N–H and O–H groups in total. The minimum absolute atomic E-state index is 0. The summed E-state index contributed by atoms with van der Waals surface area (Å²) in [7, 11) is 2.22. The van der Waals surface area contributed by atoms with E-state index in [0.717, 1.165) is 22.6 Å². The first-order chi connectivity index (χ1) is 21.5. The normalized spacial score (nSPS) is 15.2. The number of nitrogens with zero attached hydrogens (tertiary/aromatic N) is 4.